The molecule has 0 atom stereocenters. The van der Waals surface area contributed by atoms with Crippen molar-refractivity contribution in [1.29, 1.82) is 0 Å². The summed E-state index contributed by atoms with van der Waals surface area (Å²) in [5, 5.41) is 0.478. The number of rotatable bonds is 2. The van der Waals surface area contributed by atoms with E-state index in [1.807, 2.05) is 18.2 Å². The van der Waals surface area contributed by atoms with Gasteiger partial charge < -0.3 is 4.74 Å². The Kier molecular flexibility index (Phi) is 4.49. The summed E-state index contributed by atoms with van der Waals surface area (Å²) in [6.45, 7) is 2.69. The lowest BCUT2D eigenvalue weighted by atomic mass is 9.84. The second-order valence-electron chi connectivity index (χ2n) is 7.16. The molecule has 0 radical (unpaired) electrons. The van der Waals surface area contributed by atoms with Crippen molar-refractivity contribution in [3.8, 4) is 5.75 Å². The summed E-state index contributed by atoms with van der Waals surface area (Å²) in [6, 6.07) is 13.2. The molecule has 4 rings (SSSR count). The monoisotopic (exact) mass is 391 g/mol. The van der Waals surface area contributed by atoms with Crippen LogP contribution in [0, 0.1) is 6.92 Å². The predicted octanol–water partition coefficient (Wildman–Crippen LogP) is 4.20. The summed E-state index contributed by atoms with van der Waals surface area (Å²) in [4.78, 5) is 0.302. The average molecular weight is 392 g/mol. The van der Waals surface area contributed by atoms with Gasteiger partial charge in [0.25, 0.3) is 0 Å². The molecule has 1 saturated heterocycles. The number of sulfonamides is 1. The number of halogens is 1. The van der Waals surface area contributed by atoms with Crippen LogP contribution >= 0.6 is 11.6 Å². The summed E-state index contributed by atoms with van der Waals surface area (Å²) in [6.07, 6.45) is 3.34. The van der Waals surface area contributed by atoms with Crippen LogP contribution in [-0.2, 0) is 16.4 Å². The largest absolute Gasteiger partial charge is 0.487 e. The third kappa shape index (κ3) is 3.02. The van der Waals surface area contributed by atoms with Gasteiger partial charge in [-0.1, -0.05) is 35.9 Å². The SMILES string of the molecule is Cc1c(Cl)cccc1S(=O)(=O)N1CCC2(CCc3ccccc3O2)CC1. The topological polar surface area (TPSA) is 46.6 Å². The van der Waals surface area contributed by atoms with Crippen molar-refractivity contribution >= 4 is 21.6 Å². The van der Waals surface area contributed by atoms with E-state index in [2.05, 4.69) is 6.07 Å². The maximum absolute atomic E-state index is 13.1. The molecule has 2 aromatic rings. The van der Waals surface area contributed by atoms with Gasteiger partial charge in [-0.3, -0.25) is 0 Å². The fourth-order valence-electron chi connectivity index (χ4n) is 3.95. The molecule has 0 aliphatic carbocycles. The summed E-state index contributed by atoms with van der Waals surface area (Å²) in [7, 11) is -3.54. The summed E-state index contributed by atoms with van der Waals surface area (Å²) in [5.41, 5.74) is 1.60. The van der Waals surface area contributed by atoms with Crippen LogP contribution in [0.4, 0.5) is 0 Å². The van der Waals surface area contributed by atoms with Gasteiger partial charge in [-0.05, 0) is 49.1 Å². The third-order valence-electron chi connectivity index (χ3n) is 5.62. The molecule has 26 heavy (non-hydrogen) atoms. The number of hydrogen-bond donors (Lipinski definition) is 0. The highest BCUT2D eigenvalue weighted by Gasteiger charge is 2.42. The first-order chi connectivity index (χ1) is 12.4. The van der Waals surface area contributed by atoms with Gasteiger partial charge in [0.05, 0.1) is 4.90 Å². The minimum Gasteiger partial charge on any atom is -0.487 e. The second kappa shape index (κ2) is 6.55. The van der Waals surface area contributed by atoms with E-state index in [1.165, 1.54) is 5.56 Å². The van der Waals surface area contributed by atoms with Gasteiger partial charge >= 0.3 is 0 Å². The highest BCUT2D eigenvalue weighted by Crippen LogP contribution is 2.40. The molecule has 1 spiro atoms. The van der Waals surface area contributed by atoms with Gasteiger partial charge in [0.15, 0.2) is 0 Å². The standard InChI is InChI=1S/C20H22ClNO3S/c1-15-17(21)6-4-8-19(15)26(23,24)22-13-11-20(12-14-22)10-9-16-5-2-3-7-18(16)25-20/h2-8H,9-14H2,1H3. The van der Waals surface area contributed by atoms with Crippen LogP contribution in [0.5, 0.6) is 5.75 Å². The summed E-state index contributed by atoms with van der Waals surface area (Å²) in [5.74, 6) is 0.945. The van der Waals surface area contributed by atoms with E-state index < -0.39 is 10.0 Å². The number of nitrogens with zero attached hydrogens (tertiary/aromatic N) is 1. The molecule has 0 unspecified atom stereocenters. The van der Waals surface area contributed by atoms with Crippen LogP contribution in [0.25, 0.3) is 0 Å². The van der Waals surface area contributed by atoms with Gasteiger partial charge in [-0.25, -0.2) is 8.42 Å². The minimum atomic E-state index is -3.54. The predicted molar refractivity (Wildman–Crippen MR) is 102 cm³/mol. The van der Waals surface area contributed by atoms with Gasteiger partial charge in [-0.2, -0.15) is 4.31 Å². The van der Waals surface area contributed by atoms with Crippen molar-refractivity contribution in [2.45, 2.75) is 43.1 Å². The first-order valence-electron chi connectivity index (χ1n) is 8.94. The van der Waals surface area contributed by atoms with Gasteiger partial charge in [0.1, 0.15) is 11.4 Å². The van der Waals surface area contributed by atoms with E-state index in [0.29, 0.717) is 41.4 Å². The number of fused-ring (bicyclic) bond motifs is 1. The summed E-state index contributed by atoms with van der Waals surface area (Å²) >= 11 is 6.12. The Labute approximate surface area is 159 Å². The molecule has 2 aromatic carbocycles. The number of aryl methyl sites for hydroxylation is 1. The Hall–Kier alpha value is -1.56. The van der Waals surface area contributed by atoms with Gasteiger partial charge in [0.2, 0.25) is 10.0 Å². The first kappa shape index (κ1) is 17.8. The van der Waals surface area contributed by atoms with Crippen molar-refractivity contribution in [2.24, 2.45) is 0 Å². The molecule has 0 saturated carbocycles. The van der Waals surface area contributed by atoms with Crippen LogP contribution in [0.1, 0.15) is 30.4 Å². The van der Waals surface area contributed by atoms with E-state index in [4.69, 9.17) is 16.3 Å². The molecular formula is C20H22ClNO3S. The van der Waals surface area contributed by atoms with Crippen LogP contribution in [-0.4, -0.2) is 31.4 Å². The molecule has 2 aliphatic heterocycles. The van der Waals surface area contributed by atoms with Gasteiger partial charge in [0, 0.05) is 31.0 Å². The lowest BCUT2D eigenvalue weighted by Crippen LogP contribution is -2.51. The van der Waals surface area contributed by atoms with Gasteiger partial charge in [-0.15, -0.1) is 0 Å². The number of benzene rings is 2. The van der Waals surface area contributed by atoms with E-state index in [1.54, 1.807) is 29.4 Å². The number of piperidine rings is 1. The zero-order valence-corrected chi connectivity index (χ0v) is 16.3. The zero-order chi connectivity index (χ0) is 18.4. The molecule has 1 fully saturated rings. The molecule has 4 nitrogen and oxygen atoms in total. The molecular weight excluding hydrogens is 370 g/mol. The molecule has 0 aromatic heterocycles. The number of ether oxygens (including phenoxy) is 1. The van der Waals surface area contributed by atoms with Crippen LogP contribution < -0.4 is 4.74 Å². The van der Waals surface area contributed by atoms with Crippen molar-refractivity contribution in [3.63, 3.8) is 0 Å². The van der Waals surface area contributed by atoms with Crippen molar-refractivity contribution in [1.82, 2.24) is 4.31 Å². The first-order valence-corrected chi connectivity index (χ1v) is 10.8. The Bertz CT molecular complexity index is 934. The Morgan fingerprint density at radius 1 is 1.04 bits per heavy atom. The van der Waals surface area contributed by atoms with E-state index in [0.717, 1.165) is 18.6 Å². The molecule has 2 heterocycles. The smallest absolute Gasteiger partial charge is 0.243 e. The Balaban J connectivity index is 1.53. The highest BCUT2D eigenvalue weighted by atomic mass is 35.5. The average Bonchev–Trinajstić information content (AvgIpc) is 2.64. The third-order valence-corrected chi connectivity index (χ3v) is 8.07. The fraction of sp³-hybridized carbons (Fsp3) is 0.400. The van der Waals surface area contributed by atoms with Crippen LogP contribution in [0.3, 0.4) is 0 Å². The zero-order valence-electron chi connectivity index (χ0n) is 14.7. The Morgan fingerprint density at radius 3 is 2.54 bits per heavy atom. The molecule has 0 bridgehead atoms. The van der Waals surface area contributed by atoms with Crippen molar-refractivity contribution in [2.75, 3.05) is 13.1 Å². The highest BCUT2D eigenvalue weighted by molar-refractivity contribution is 7.89. The van der Waals surface area contributed by atoms with Crippen molar-refractivity contribution in [3.05, 3.63) is 58.6 Å². The van der Waals surface area contributed by atoms with Crippen LogP contribution in [0.2, 0.25) is 5.02 Å². The molecule has 0 amide bonds. The van der Waals surface area contributed by atoms with E-state index >= 15 is 0 Å². The number of para-hydroxylation sites is 1. The van der Waals surface area contributed by atoms with Crippen molar-refractivity contribution < 1.29 is 13.2 Å². The lowest BCUT2D eigenvalue weighted by Gasteiger charge is -2.44. The quantitative estimate of drug-likeness (QED) is 0.770. The van der Waals surface area contributed by atoms with E-state index in [9.17, 15) is 8.42 Å². The van der Waals surface area contributed by atoms with E-state index in [-0.39, 0.29) is 5.60 Å². The normalized spacial score (nSPS) is 19.8. The number of hydrogen-bond acceptors (Lipinski definition) is 3. The minimum absolute atomic E-state index is 0.246. The lowest BCUT2D eigenvalue weighted by molar-refractivity contribution is 0.00181. The maximum Gasteiger partial charge on any atom is 0.243 e. The summed E-state index contributed by atoms with van der Waals surface area (Å²) < 4.78 is 34.0. The second-order valence-corrected chi connectivity index (χ2v) is 9.47. The fourth-order valence-corrected chi connectivity index (χ4v) is 5.87. The Morgan fingerprint density at radius 2 is 1.77 bits per heavy atom. The maximum atomic E-state index is 13.1. The molecule has 0 N–H and O–H groups in total. The molecule has 138 valence electrons. The molecule has 6 heteroatoms. The van der Waals surface area contributed by atoms with Crippen LogP contribution in [0.15, 0.2) is 47.4 Å². The molecule has 2 aliphatic rings.